The van der Waals surface area contributed by atoms with Gasteiger partial charge >= 0.3 is 0 Å². The van der Waals surface area contributed by atoms with Gasteiger partial charge in [-0.05, 0) is 11.6 Å². The molecule has 2 aromatic rings. The number of rotatable bonds is 4. The maximum atomic E-state index is 11.9. The third kappa shape index (κ3) is 3.44. The Kier molecular flexibility index (Phi) is 4.45. The number of hydrazone groups is 1. The molecule has 0 unspecified atom stereocenters. The number of hydrogen-bond donors (Lipinski definition) is 2. The van der Waals surface area contributed by atoms with Crippen molar-refractivity contribution in [1.29, 1.82) is 0 Å². The molecule has 1 amide bonds. The van der Waals surface area contributed by atoms with Gasteiger partial charge in [0.05, 0.1) is 11.2 Å². The Morgan fingerprint density at radius 3 is 2.70 bits per heavy atom. The second-order valence-electron chi connectivity index (χ2n) is 4.77. The van der Waals surface area contributed by atoms with Crippen LogP contribution in [-0.4, -0.2) is 24.0 Å². The van der Waals surface area contributed by atoms with Crippen LogP contribution in [0.3, 0.4) is 0 Å². The van der Waals surface area contributed by atoms with Gasteiger partial charge in [0.2, 0.25) is 6.79 Å². The van der Waals surface area contributed by atoms with Crippen molar-refractivity contribution in [1.82, 2.24) is 5.43 Å². The van der Waals surface area contributed by atoms with Crippen LogP contribution in [0.1, 0.15) is 17.2 Å². The Bertz CT molecular complexity index is 749. The summed E-state index contributed by atoms with van der Waals surface area (Å²) >= 11 is 6.09. The summed E-state index contributed by atoms with van der Waals surface area (Å²) < 4.78 is 10.5. The van der Waals surface area contributed by atoms with Crippen LogP contribution in [0.15, 0.2) is 47.6 Å². The fourth-order valence-corrected chi connectivity index (χ4v) is 2.25. The molecule has 0 saturated heterocycles. The van der Waals surface area contributed by atoms with E-state index in [1.807, 2.05) is 0 Å². The molecule has 6 nitrogen and oxygen atoms in total. The molecule has 1 heterocycles. The Labute approximate surface area is 137 Å². The van der Waals surface area contributed by atoms with Crippen molar-refractivity contribution in [2.75, 3.05) is 6.79 Å². The fourth-order valence-electron chi connectivity index (χ4n) is 2.05. The SMILES string of the molecule is O=C(NN=Cc1cc2c(cc1Cl)OCO2)[C@H](O)c1ccccc1. The molecular weight excluding hydrogens is 320 g/mol. The van der Waals surface area contributed by atoms with Crippen molar-refractivity contribution in [2.45, 2.75) is 6.10 Å². The number of aliphatic hydroxyl groups excluding tert-OH is 1. The Balaban J connectivity index is 1.66. The zero-order valence-corrected chi connectivity index (χ0v) is 12.7. The number of nitrogens with one attached hydrogen (secondary N) is 1. The van der Waals surface area contributed by atoms with Gasteiger partial charge in [-0.15, -0.1) is 0 Å². The normalized spacial score (nSPS) is 14.0. The van der Waals surface area contributed by atoms with Crippen LogP contribution < -0.4 is 14.9 Å². The second kappa shape index (κ2) is 6.68. The third-order valence-electron chi connectivity index (χ3n) is 3.23. The summed E-state index contributed by atoms with van der Waals surface area (Å²) in [5.41, 5.74) is 3.32. The van der Waals surface area contributed by atoms with E-state index < -0.39 is 12.0 Å². The Hall–Kier alpha value is -2.57. The van der Waals surface area contributed by atoms with Gasteiger partial charge in [-0.2, -0.15) is 5.10 Å². The topological polar surface area (TPSA) is 80.2 Å². The Morgan fingerprint density at radius 1 is 1.26 bits per heavy atom. The van der Waals surface area contributed by atoms with Gasteiger partial charge in [0.1, 0.15) is 0 Å². The lowest BCUT2D eigenvalue weighted by Crippen LogP contribution is -2.25. The predicted octanol–water partition coefficient (Wildman–Crippen LogP) is 2.25. The largest absolute Gasteiger partial charge is 0.454 e. The van der Waals surface area contributed by atoms with E-state index in [1.54, 1.807) is 42.5 Å². The first-order valence-corrected chi connectivity index (χ1v) is 7.18. The molecule has 23 heavy (non-hydrogen) atoms. The summed E-state index contributed by atoms with van der Waals surface area (Å²) in [5.74, 6) is 0.492. The summed E-state index contributed by atoms with van der Waals surface area (Å²) in [7, 11) is 0. The number of ether oxygens (including phenoxy) is 2. The zero-order chi connectivity index (χ0) is 16.2. The molecule has 1 atom stereocenters. The predicted molar refractivity (Wildman–Crippen MR) is 84.7 cm³/mol. The molecule has 7 heteroatoms. The summed E-state index contributed by atoms with van der Waals surface area (Å²) in [6.07, 6.45) is 0.0838. The van der Waals surface area contributed by atoms with Gasteiger partial charge in [-0.1, -0.05) is 41.9 Å². The molecule has 0 aromatic heterocycles. The van der Waals surface area contributed by atoms with Gasteiger partial charge in [0.25, 0.3) is 5.91 Å². The molecule has 1 aliphatic heterocycles. The highest BCUT2D eigenvalue weighted by atomic mass is 35.5. The number of hydrogen-bond acceptors (Lipinski definition) is 5. The number of fused-ring (bicyclic) bond motifs is 1. The minimum atomic E-state index is -1.29. The Morgan fingerprint density at radius 2 is 1.96 bits per heavy atom. The van der Waals surface area contributed by atoms with Gasteiger partial charge in [-0.25, -0.2) is 5.43 Å². The number of benzene rings is 2. The molecule has 0 bridgehead atoms. The standard InChI is InChI=1S/C16H13ClN2O4/c17-12-7-14-13(22-9-23-14)6-11(12)8-18-19-16(21)15(20)10-4-2-1-3-5-10/h1-8,15,20H,9H2,(H,19,21)/t15-/m1/s1. The lowest BCUT2D eigenvalue weighted by atomic mass is 10.1. The van der Waals surface area contributed by atoms with Gasteiger partial charge in [-0.3, -0.25) is 4.79 Å². The molecule has 0 radical (unpaired) electrons. The lowest BCUT2D eigenvalue weighted by molar-refractivity contribution is -0.129. The molecule has 0 spiro atoms. The number of halogens is 1. The molecule has 0 aliphatic carbocycles. The number of aliphatic hydroxyl groups is 1. The van der Waals surface area contributed by atoms with E-state index >= 15 is 0 Å². The minimum Gasteiger partial charge on any atom is -0.454 e. The maximum Gasteiger partial charge on any atom is 0.273 e. The van der Waals surface area contributed by atoms with E-state index in [1.165, 1.54) is 6.21 Å². The molecular formula is C16H13ClN2O4. The number of nitrogens with zero attached hydrogens (tertiary/aromatic N) is 1. The lowest BCUT2D eigenvalue weighted by Gasteiger charge is -2.08. The quantitative estimate of drug-likeness (QED) is 0.665. The maximum absolute atomic E-state index is 11.9. The molecule has 118 valence electrons. The summed E-state index contributed by atoms with van der Waals surface area (Å²) in [6.45, 7) is 0.145. The van der Waals surface area contributed by atoms with Crippen LogP contribution in [0.5, 0.6) is 11.5 Å². The van der Waals surface area contributed by atoms with Crippen molar-refractivity contribution in [2.24, 2.45) is 5.10 Å². The monoisotopic (exact) mass is 332 g/mol. The summed E-state index contributed by atoms with van der Waals surface area (Å²) in [4.78, 5) is 11.9. The van der Waals surface area contributed by atoms with Crippen LogP contribution in [0.2, 0.25) is 5.02 Å². The second-order valence-corrected chi connectivity index (χ2v) is 5.18. The smallest absolute Gasteiger partial charge is 0.273 e. The van der Waals surface area contributed by atoms with Gasteiger partial charge in [0.15, 0.2) is 17.6 Å². The van der Waals surface area contributed by atoms with E-state index in [0.29, 0.717) is 27.6 Å². The van der Waals surface area contributed by atoms with Crippen molar-refractivity contribution >= 4 is 23.7 Å². The first-order valence-electron chi connectivity index (χ1n) is 6.80. The number of carbonyl (C=O) groups excluding carboxylic acids is 1. The van der Waals surface area contributed by atoms with Crippen LogP contribution in [-0.2, 0) is 4.79 Å². The molecule has 0 fully saturated rings. The van der Waals surface area contributed by atoms with Crippen molar-refractivity contribution in [3.8, 4) is 11.5 Å². The number of amides is 1. The van der Waals surface area contributed by atoms with E-state index in [9.17, 15) is 9.90 Å². The first-order chi connectivity index (χ1) is 11.1. The average Bonchev–Trinajstić information content (AvgIpc) is 3.02. The zero-order valence-electron chi connectivity index (χ0n) is 11.9. The molecule has 1 aliphatic rings. The highest BCUT2D eigenvalue weighted by molar-refractivity contribution is 6.33. The van der Waals surface area contributed by atoms with Crippen LogP contribution in [0.4, 0.5) is 0 Å². The fraction of sp³-hybridized carbons (Fsp3) is 0.125. The van der Waals surface area contributed by atoms with Crippen molar-refractivity contribution < 1.29 is 19.4 Å². The van der Waals surface area contributed by atoms with Gasteiger partial charge in [0, 0.05) is 11.6 Å². The average molecular weight is 333 g/mol. The van der Waals surface area contributed by atoms with E-state index in [4.69, 9.17) is 21.1 Å². The van der Waals surface area contributed by atoms with E-state index in [0.717, 1.165) is 0 Å². The highest BCUT2D eigenvalue weighted by Crippen LogP contribution is 2.36. The highest BCUT2D eigenvalue weighted by Gasteiger charge is 2.17. The van der Waals surface area contributed by atoms with Crippen LogP contribution >= 0.6 is 11.6 Å². The third-order valence-corrected chi connectivity index (χ3v) is 3.56. The van der Waals surface area contributed by atoms with E-state index in [-0.39, 0.29) is 6.79 Å². The summed E-state index contributed by atoms with van der Waals surface area (Å²) in [6, 6.07) is 11.9. The van der Waals surface area contributed by atoms with E-state index in [2.05, 4.69) is 10.5 Å². The molecule has 0 saturated carbocycles. The summed E-state index contributed by atoms with van der Waals surface area (Å²) in [5, 5.41) is 14.1. The molecule has 2 aromatic carbocycles. The minimum absolute atomic E-state index is 0.145. The van der Waals surface area contributed by atoms with Gasteiger partial charge < -0.3 is 14.6 Å². The molecule has 2 N–H and O–H groups in total. The van der Waals surface area contributed by atoms with Crippen LogP contribution in [0, 0.1) is 0 Å². The van der Waals surface area contributed by atoms with Crippen LogP contribution in [0.25, 0.3) is 0 Å². The first kappa shape index (κ1) is 15.3. The van der Waals surface area contributed by atoms with Crippen molar-refractivity contribution in [3.05, 3.63) is 58.6 Å². The van der Waals surface area contributed by atoms with Crippen molar-refractivity contribution in [3.63, 3.8) is 0 Å². The molecule has 3 rings (SSSR count). The number of carbonyl (C=O) groups is 1.